The lowest BCUT2D eigenvalue weighted by Gasteiger charge is -2.28. The van der Waals surface area contributed by atoms with Crippen molar-refractivity contribution in [2.75, 3.05) is 20.8 Å². The van der Waals surface area contributed by atoms with E-state index in [2.05, 4.69) is 34.5 Å². The minimum atomic E-state index is -0.222. The topological polar surface area (TPSA) is 50.8 Å². The van der Waals surface area contributed by atoms with Gasteiger partial charge in [-0.2, -0.15) is 0 Å². The molecule has 1 heterocycles. The number of amides is 1. The lowest BCUT2D eigenvalue weighted by molar-refractivity contribution is 0.0939. The van der Waals surface area contributed by atoms with E-state index in [9.17, 15) is 4.79 Å². The Labute approximate surface area is 190 Å². The van der Waals surface area contributed by atoms with Crippen molar-refractivity contribution in [3.63, 3.8) is 0 Å². The van der Waals surface area contributed by atoms with Crippen molar-refractivity contribution in [2.24, 2.45) is 0 Å². The van der Waals surface area contributed by atoms with Gasteiger partial charge in [0.2, 0.25) is 0 Å². The van der Waals surface area contributed by atoms with Crippen LogP contribution in [0, 0.1) is 0 Å². The number of hydrogen-bond donors (Lipinski definition) is 1. The molecular weight excluding hydrogens is 400 g/mol. The number of ether oxygens (including phenoxy) is 2. The van der Waals surface area contributed by atoms with Crippen LogP contribution in [-0.4, -0.2) is 31.6 Å². The summed E-state index contributed by atoms with van der Waals surface area (Å²) in [5, 5.41) is 3.07. The zero-order chi connectivity index (χ0) is 22.5. The zero-order valence-electron chi connectivity index (χ0n) is 18.9. The fourth-order valence-corrected chi connectivity index (χ4v) is 4.24. The maximum atomic E-state index is 12.8. The number of nitrogens with one attached hydrogen (secondary N) is 1. The normalized spacial score (nSPS) is 14.3. The number of nitrogens with zero attached hydrogens (tertiary/aromatic N) is 1. The summed E-state index contributed by atoms with van der Waals surface area (Å²) in [6.45, 7) is 4.85. The second-order valence-corrected chi connectivity index (χ2v) is 8.23. The predicted molar refractivity (Wildman–Crippen MR) is 126 cm³/mol. The van der Waals surface area contributed by atoms with E-state index in [0.29, 0.717) is 5.56 Å². The number of methoxy groups -OCH3 is 2. The van der Waals surface area contributed by atoms with E-state index in [0.717, 1.165) is 43.1 Å². The molecule has 1 unspecified atom stereocenters. The van der Waals surface area contributed by atoms with Crippen molar-refractivity contribution in [3.8, 4) is 11.5 Å². The molecule has 1 amide bonds. The number of fused-ring (bicyclic) bond motifs is 1. The molecule has 0 radical (unpaired) electrons. The van der Waals surface area contributed by atoms with Crippen LogP contribution in [0.1, 0.15) is 45.6 Å². The molecule has 0 bridgehead atoms. The van der Waals surface area contributed by atoms with Gasteiger partial charge in [-0.05, 0) is 60.4 Å². The predicted octanol–water partition coefficient (Wildman–Crippen LogP) is 4.75. The van der Waals surface area contributed by atoms with Crippen molar-refractivity contribution < 1.29 is 14.3 Å². The molecule has 0 spiro atoms. The van der Waals surface area contributed by atoms with Crippen molar-refractivity contribution in [3.05, 3.63) is 94.5 Å². The summed E-state index contributed by atoms with van der Waals surface area (Å²) < 4.78 is 10.8. The summed E-state index contributed by atoms with van der Waals surface area (Å²) in [6.07, 6.45) is 1.09. The molecule has 0 fully saturated rings. The SMILES string of the molecule is COc1ccc(OC)c(C(C)NC(=O)c2ccc(CN3CCc4ccccc4C3)cc2)c1. The molecule has 166 valence electrons. The Morgan fingerprint density at radius 3 is 2.47 bits per heavy atom. The average Bonchev–Trinajstić information content (AvgIpc) is 2.83. The fourth-order valence-electron chi connectivity index (χ4n) is 4.24. The van der Waals surface area contributed by atoms with Crippen molar-refractivity contribution >= 4 is 5.91 Å². The molecule has 0 aromatic heterocycles. The van der Waals surface area contributed by atoms with E-state index in [4.69, 9.17) is 9.47 Å². The van der Waals surface area contributed by atoms with E-state index in [1.165, 1.54) is 16.7 Å². The van der Waals surface area contributed by atoms with Crippen LogP contribution in [0.25, 0.3) is 0 Å². The Hall–Kier alpha value is -3.31. The maximum absolute atomic E-state index is 12.8. The van der Waals surface area contributed by atoms with Gasteiger partial charge < -0.3 is 14.8 Å². The van der Waals surface area contributed by atoms with Gasteiger partial charge in [-0.1, -0.05) is 36.4 Å². The number of hydrogen-bond acceptors (Lipinski definition) is 4. The first kappa shape index (κ1) is 21.9. The van der Waals surface area contributed by atoms with Crippen LogP contribution in [0.3, 0.4) is 0 Å². The van der Waals surface area contributed by atoms with E-state index in [-0.39, 0.29) is 11.9 Å². The summed E-state index contributed by atoms with van der Waals surface area (Å²) in [7, 11) is 3.25. The van der Waals surface area contributed by atoms with E-state index >= 15 is 0 Å². The first-order valence-electron chi connectivity index (χ1n) is 11.0. The van der Waals surface area contributed by atoms with Gasteiger partial charge >= 0.3 is 0 Å². The van der Waals surface area contributed by atoms with E-state index in [1.54, 1.807) is 14.2 Å². The first-order chi connectivity index (χ1) is 15.6. The molecule has 3 aromatic carbocycles. The van der Waals surface area contributed by atoms with E-state index in [1.807, 2.05) is 49.4 Å². The molecule has 32 heavy (non-hydrogen) atoms. The summed E-state index contributed by atoms with van der Waals surface area (Å²) in [4.78, 5) is 15.3. The molecule has 5 nitrogen and oxygen atoms in total. The molecule has 0 saturated carbocycles. The lowest BCUT2D eigenvalue weighted by atomic mass is 9.99. The van der Waals surface area contributed by atoms with Crippen LogP contribution in [-0.2, 0) is 19.5 Å². The summed E-state index contributed by atoms with van der Waals surface area (Å²) in [6, 6.07) is 21.9. The van der Waals surface area contributed by atoms with Gasteiger partial charge in [-0.3, -0.25) is 9.69 Å². The highest BCUT2D eigenvalue weighted by Crippen LogP contribution is 2.29. The van der Waals surface area contributed by atoms with Gasteiger partial charge in [0.05, 0.1) is 20.3 Å². The molecular formula is C27H30N2O3. The average molecular weight is 431 g/mol. The Balaban J connectivity index is 1.38. The first-order valence-corrected chi connectivity index (χ1v) is 11.0. The van der Waals surface area contributed by atoms with Gasteiger partial charge in [0, 0.05) is 30.8 Å². The molecule has 0 saturated heterocycles. The van der Waals surface area contributed by atoms with Crippen molar-refractivity contribution in [1.82, 2.24) is 10.2 Å². The third kappa shape index (κ3) is 4.94. The van der Waals surface area contributed by atoms with Crippen LogP contribution < -0.4 is 14.8 Å². The Kier molecular flexibility index (Phi) is 6.76. The molecule has 4 rings (SSSR count). The molecule has 1 N–H and O–H groups in total. The number of carbonyl (C=O) groups excluding carboxylic acids is 1. The molecule has 5 heteroatoms. The lowest BCUT2D eigenvalue weighted by Crippen LogP contribution is -2.30. The largest absolute Gasteiger partial charge is 0.497 e. The smallest absolute Gasteiger partial charge is 0.251 e. The molecule has 1 aliphatic heterocycles. The molecule has 1 aliphatic rings. The second-order valence-electron chi connectivity index (χ2n) is 8.23. The third-order valence-corrected chi connectivity index (χ3v) is 6.08. The molecule has 3 aromatic rings. The third-order valence-electron chi connectivity index (χ3n) is 6.08. The standard InChI is InChI=1S/C27H30N2O3/c1-19(25-16-24(31-2)12-13-26(25)32-3)28-27(30)22-10-8-20(9-11-22)17-29-15-14-21-6-4-5-7-23(21)18-29/h4-13,16,19H,14-15,17-18H2,1-3H3,(H,28,30). The van der Waals surface area contributed by atoms with Crippen LogP contribution in [0.5, 0.6) is 11.5 Å². The second kappa shape index (κ2) is 9.88. The summed E-state index contributed by atoms with van der Waals surface area (Å²) >= 11 is 0. The highest BCUT2D eigenvalue weighted by molar-refractivity contribution is 5.94. The fraction of sp³-hybridized carbons (Fsp3) is 0.296. The van der Waals surface area contributed by atoms with Crippen LogP contribution in [0.4, 0.5) is 0 Å². The number of rotatable bonds is 7. The van der Waals surface area contributed by atoms with Gasteiger partial charge in [0.1, 0.15) is 11.5 Å². The maximum Gasteiger partial charge on any atom is 0.251 e. The Morgan fingerprint density at radius 1 is 1.00 bits per heavy atom. The summed E-state index contributed by atoms with van der Waals surface area (Å²) in [5.74, 6) is 1.34. The minimum absolute atomic E-state index is 0.110. The highest BCUT2D eigenvalue weighted by Gasteiger charge is 2.18. The Bertz CT molecular complexity index is 1080. The zero-order valence-corrected chi connectivity index (χ0v) is 18.9. The van der Waals surface area contributed by atoms with Crippen LogP contribution in [0.15, 0.2) is 66.7 Å². The van der Waals surface area contributed by atoms with Crippen molar-refractivity contribution in [1.29, 1.82) is 0 Å². The van der Waals surface area contributed by atoms with Gasteiger partial charge in [-0.25, -0.2) is 0 Å². The Morgan fingerprint density at radius 2 is 1.75 bits per heavy atom. The minimum Gasteiger partial charge on any atom is -0.497 e. The number of benzene rings is 3. The van der Waals surface area contributed by atoms with Crippen molar-refractivity contribution in [2.45, 2.75) is 32.5 Å². The van der Waals surface area contributed by atoms with Gasteiger partial charge in [-0.15, -0.1) is 0 Å². The number of carbonyl (C=O) groups is 1. The van der Waals surface area contributed by atoms with Crippen LogP contribution >= 0.6 is 0 Å². The van der Waals surface area contributed by atoms with Crippen LogP contribution in [0.2, 0.25) is 0 Å². The quantitative estimate of drug-likeness (QED) is 0.588. The van der Waals surface area contributed by atoms with Gasteiger partial charge in [0.25, 0.3) is 5.91 Å². The summed E-state index contributed by atoms with van der Waals surface area (Å²) in [5.41, 5.74) is 5.60. The monoisotopic (exact) mass is 430 g/mol. The van der Waals surface area contributed by atoms with Gasteiger partial charge in [0.15, 0.2) is 0 Å². The van der Waals surface area contributed by atoms with E-state index < -0.39 is 0 Å². The molecule has 0 aliphatic carbocycles. The highest BCUT2D eigenvalue weighted by atomic mass is 16.5. The molecule has 1 atom stereocenters.